The van der Waals surface area contributed by atoms with Crippen LogP contribution in [0.3, 0.4) is 0 Å². The molecule has 1 aliphatic carbocycles. The van der Waals surface area contributed by atoms with Crippen molar-refractivity contribution < 1.29 is 61.8 Å². The van der Waals surface area contributed by atoms with Gasteiger partial charge in [0, 0.05) is 19.6 Å². The number of ether oxygens (including phenoxy) is 10. The van der Waals surface area contributed by atoms with Gasteiger partial charge in [-0.15, -0.1) is 0 Å². The first kappa shape index (κ1) is 60.3. The molecular weight excluding hydrogens is 1100 g/mol. The molecule has 25 nitrogen and oxygen atoms in total. The number of hydrogen-bond donors (Lipinski definition) is 0. The third-order valence-corrected chi connectivity index (χ3v) is 14.3. The lowest BCUT2D eigenvalue weighted by Crippen LogP contribution is -2.64. The fourth-order valence-corrected chi connectivity index (χ4v) is 10.2. The second-order valence-corrected chi connectivity index (χ2v) is 19.8. The van der Waals surface area contributed by atoms with E-state index in [9.17, 15) is 36.5 Å². The van der Waals surface area contributed by atoms with Gasteiger partial charge in [-0.05, 0) is 88.1 Å². The van der Waals surface area contributed by atoms with Crippen molar-refractivity contribution in [2.75, 3.05) is 13.1 Å². The molecule has 0 radical (unpaired) electrons. The summed E-state index contributed by atoms with van der Waals surface area (Å²) in [6.45, 7) is -0.532. The van der Waals surface area contributed by atoms with E-state index in [4.69, 9.17) is 47.4 Å². The smallest absolute Gasteiger partial charge is 0.338 e. The van der Waals surface area contributed by atoms with Gasteiger partial charge in [0.15, 0.2) is 30.9 Å². The van der Waals surface area contributed by atoms with Crippen LogP contribution in [0.15, 0.2) is 202 Å². The van der Waals surface area contributed by atoms with E-state index in [0.29, 0.717) is 0 Å². The topological polar surface area (TPSA) is 339 Å². The number of azide groups is 4. The Hall–Kier alpha value is -9.31. The Labute approximate surface area is 487 Å². The van der Waals surface area contributed by atoms with E-state index < -0.39 is 110 Å². The Kier molecular flexibility index (Phi) is 21.9. The minimum Gasteiger partial charge on any atom is -0.452 e. The number of carbonyl (C=O) groups is 3. The maximum atomic E-state index is 14.2. The largest absolute Gasteiger partial charge is 0.452 e. The molecule has 85 heavy (non-hydrogen) atoms. The molecule has 3 fully saturated rings. The average Bonchev–Trinajstić information content (AvgIpc) is 2.06. The molecule has 6 aromatic rings. The normalized spacial score (nSPS) is 26.1. The second kappa shape index (κ2) is 30.8. The van der Waals surface area contributed by atoms with Gasteiger partial charge in [0.2, 0.25) is 0 Å². The quantitative estimate of drug-likeness (QED) is 0.0169. The van der Waals surface area contributed by atoms with Gasteiger partial charge < -0.3 is 47.4 Å². The zero-order chi connectivity index (χ0) is 59.2. The number of esters is 3. The molecule has 14 atom stereocenters. The molecule has 0 aromatic heterocycles. The Morgan fingerprint density at radius 1 is 0.400 bits per heavy atom. The van der Waals surface area contributed by atoms with Gasteiger partial charge in [0.25, 0.3) is 0 Å². The summed E-state index contributed by atoms with van der Waals surface area (Å²) in [6.07, 6.45) is -16.7. The predicted octanol–water partition coefficient (Wildman–Crippen LogP) is 11.4. The Bertz CT molecular complexity index is 3330. The minimum absolute atomic E-state index is 0.0418. The molecule has 2 aliphatic heterocycles. The number of carbonyl (C=O) groups excluding carboxylic acids is 3. The third kappa shape index (κ3) is 16.3. The van der Waals surface area contributed by atoms with Crippen molar-refractivity contribution >= 4 is 17.9 Å². The highest BCUT2D eigenvalue weighted by atomic mass is 16.7. The first-order valence-corrected chi connectivity index (χ1v) is 27.2. The first-order chi connectivity index (χ1) is 41.7. The van der Waals surface area contributed by atoms with E-state index >= 15 is 0 Å². The fourth-order valence-electron chi connectivity index (χ4n) is 10.2. The van der Waals surface area contributed by atoms with Crippen LogP contribution in [-0.2, 0) is 67.2 Å². The van der Waals surface area contributed by atoms with Gasteiger partial charge in [0.1, 0.15) is 24.4 Å². The number of nitrogens with zero attached hydrogens (tertiary/aromatic N) is 12. The van der Waals surface area contributed by atoms with E-state index in [1.54, 1.807) is 54.6 Å². The standard InChI is InChI=1S/C60H58N12O13/c61-69-65-33-48-50(76-35-38-19-7-1-8-20-38)52(77-36-39-21-9-2-10-22-39)54(78-37-40-23-11-3-12-24-40)59(81-48)79-46-31-45(68-72-64)47(32-44(46)67-71-63)80-60-55(85-58(75)43-29-17-6-18-30-43)53(84-57(74)42-27-15-5-16-28-42)51(49(82-60)34-66-70-62)83-56(73)41-25-13-4-14-26-41/h1-30,44-55,59-60H,31-37H2/t44-,45-,46-,47-,48+,49+,50+,51+,52-,53-,54+,55+,59+,60+/m0/s1. The van der Waals surface area contributed by atoms with Crippen LogP contribution in [0.1, 0.15) is 60.6 Å². The summed E-state index contributed by atoms with van der Waals surface area (Å²) in [6, 6.07) is 49.5. The van der Waals surface area contributed by atoms with Crippen LogP contribution in [0.4, 0.5) is 0 Å². The lowest BCUT2D eigenvalue weighted by molar-refractivity contribution is -0.335. The zero-order valence-electron chi connectivity index (χ0n) is 45.5. The molecule has 1 saturated carbocycles. The minimum atomic E-state index is -1.79. The van der Waals surface area contributed by atoms with Crippen LogP contribution in [-0.4, -0.2) is 117 Å². The van der Waals surface area contributed by atoms with Crippen molar-refractivity contribution in [2.24, 2.45) is 20.5 Å². The highest BCUT2D eigenvalue weighted by Gasteiger charge is 2.56. The summed E-state index contributed by atoms with van der Waals surface area (Å²) >= 11 is 0. The molecule has 2 heterocycles. The van der Waals surface area contributed by atoms with Gasteiger partial charge in [-0.2, -0.15) is 0 Å². The molecule has 6 aromatic carbocycles. The van der Waals surface area contributed by atoms with Crippen molar-refractivity contribution in [3.63, 3.8) is 0 Å². The third-order valence-electron chi connectivity index (χ3n) is 14.3. The summed E-state index contributed by atoms with van der Waals surface area (Å²) < 4.78 is 65.6. The average molecular weight is 1160 g/mol. The zero-order valence-corrected chi connectivity index (χ0v) is 45.5. The molecule has 0 N–H and O–H groups in total. The van der Waals surface area contributed by atoms with E-state index in [1.165, 1.54) is 36.4 Å². The second-order valence-electron chi connectivity index (χ2n) is 19.8. The van der Waals surface area contributed by atoms with E-state index in [0.717, 1.165) is 16.7 Å². The van der Waals surface area contributed by atoms with Crippen molar-refractivity contribution in [3.8, 4) is 0 Å². The molecule has 2 saturated heterocycles. The molecule has 0 spiro atoms. The van der Waals surface area contributed by atoms with Gasteiger partial charge in [-0.3, -0.25) is 0 Å². The van der Waals surface area contributed by atoms with Gasteiger partial charge >= 0.3 is 17.9 Å². The SMILES string of the molecule is [N-]=[N+]=NC[C@H]1O[C@@H](O[C@H]2C[C@H](N=[N+]=[N-])[C@@H](O[C@@H]3O[C@H](CN=[N+]=[N-])[C@@H](OC(=O)c4ccccc4)[C@H](OC(=O)c4ccccc4)[C@H]3OC(=O)c3ccccc3)C[C@@H]2N=[N+]=[N-])[C@H](OCc2ccccc2)[C@@H](OCc2ccccc2)[C@@H]1OCc1ccccc1. The van der Waals surface area contributed by atoms with Crippen LogP contribution < -0.4 is 0 Å². The van der Waals surface area contributed by atoms with Gasteiger partial charge in [-0.1, -0.05) is 166 Å². The van der Waals surface area contributed by atoms with Crippen LogP contribution in [0, 0.1) is 0 Å². The lowest BCUT2D eigenvalue weighted by Gasteiger charge is -2.48. The number of hydrogen-bond acceptors (Lipinski definition) is 17. The molecule has 436 valence electrons. The summed E-state index contributed by atoms with van der Waals surface area (Å²) in [4.78, 5) is 54.7. The Balaban J connectivity index is 1.07. The maximum absolute atomic E-state index is 14.2. The fraction of sp³-hybridized carbons (Fsp3) is 0.350. The molecule has 9 rings (SSSR count). The molecule has 0 amide bonds. The van der Waals surface area contributed by atoms with Gasteiger partial charge in [0.05, 0.1) is 80.0 Å². The van der Waals surface area contributed by atoms with Crippen LogP contribution in [0.5, 0.6) is 0 Å². The van der Waals surface area contributed by atoms with Crippen molar-refractivity contribution in [2.45, 2.75) is 118 Å². The number of benzene rings is 6. The highest BCUT2D eigenvalue weighted by Crippen LogP contribution is 2.39. The molecule has 25 heteroatoms. The predicted molar refractivity (Wildman–Crippen MR) is 302 cm³/mol. The number of rotatable bonds is 25. The molecule has 0 bridgehead atoms. The summed E-state index contributed by atoms with van der Waals surface area (Å²) in [7, 11) is 0. The van der Waals surface area contributed by atoms with Crippen LogP contribution >= 0.6 is 0 Å². The van der Waals surface area contributed by atoms with E-state index in [-0.39, 0.29) is 55.9 Å². The van der Waals surface area contributed by atoms with Crippen molar-refractivity contribution in [1.82, 2.24) is 0 Å². The van der Waals surface area contributed by atoms with Crippen LogP contribution in [0.2, 0.25) is 0 Å². The Morgan fingerprint density at radius 2 is 0.729 bits per heavy atom. The van der Waals surface area contributed by atoms with Crippen molar-refractivity contribution in [3.05, 3.63) is 257 Å². The monoisotopic (exact) mass is 1150 g/mol. The molecule has 3 aliphatic rings. The lowest BCUT2D eigenvalue weighted by atomic mass is 9.86. The van der Waals surface area contributed by atoms with E-state index in [2.05, 4.69) is 40.1 Å². The van der Waals surface area contributed by atoms with Crippen LogP contribution in [0.25, 0.3) is 41.8 Å². The summed E-state index contributed by atoms with van der Waals surface area (Å²) in [5.74, 6) is -2.76. The highest BCUT2D eigenvalue weighted by molar-refractivity contribution is 5.91. The molecular formula is C60H58N12O13. The van der Waals surface area contributed by atoms with Crippen molar-refractivity contribution in [1.29, 1.82) is 0 Å². The first-order valence-electron chi connectivity index (χ1n) is 27.2. The van der Waals surface area contributed by atoms with E-state index in [1.807, 2.05) is 91.0 Å². The molecule has 0 unspecified atom stereocenters. The summed E-state index contributed by atoms with van der Waals surface area (Å²) in [5, 5.41) is 15.9. The maximum Gasteiger partial charge on any atom is 0.338 e. The van der Waals surface area contributed by atoms with Gasteiger partial charge in [-0.25, -0.2) is 14.4 Å². The Morgan fingerprint density at radius 3 is 1.12 bits per heavy atom. The summed E-state index contributed by atoms with van der Waals surface area (Å²) in [5.41, 5.74) is 42.4.